The molecule has 0 radical (unpaired) electrons. The Morgan fingerprint density at radius 2 is 1.63 bits per heavy atom. The monoisotopic (exact) mass is 265 g/mol. The fourth-order valence-corrected chi connectivity index (χ4v) is 2.41. The fraction of sp³-hybridized carbons (Fsp3) is 0.625. The van der Waals surface area contributed by atoms with Gasteiger partial charge in [-0.25, -0.2) is 0 Å². The van der Waals surface area contributed by atoms with Crippen molar-refractivity contribution in [2.45, 2.75) is 46.3 Å². The van der Waals surface area contributed by atoms with Crippen LogP contribution in [0.25, 0.3) is 0 Å². The standard InChI is InChI=1S/C16H27NO2/c1-12(2)17(7-8-18)6-5-16(19)15-10-13(3)9-14(4)11-15/h9-12,16,18-19H,5-8H2,1-4H3. The predicted octanol–water partition coefficient (Wildman–Crippen LogP) is 2.43. The van der Waals surface area contributed by atoms with Crippen molar-refractivity contribution in [3.8, 4) is 0 Å². The van der Waals surface area contributed by atoms with Gasteiger partial charge in [0.25, 0.3) is 0 Å². The number of aliphatic hydroxyl groups is 2. The third kappa shape index (κ3) is 5.31. The molecule has 108 valence electrons. The number of aryl methyl sites for hydroxylation is 2. The summed E-state index contributed by atoms with van der Waals surface area (Å²) >= 11 is 0. The Bertz CT molecular complexity index is 370. The van der Waals surface area contributed by atoms with Crippen LogP contribution in [0, 0.1) is 13.8 Å². The molecule has 0 spiro atoms. The largest absolute Gasteiger partial charge is 0.395 e. The van der Waals surface area contributed by atoms with Gasteiger partial charge >= 0.3 is 0 Å². The molecule has 0 saturated heterocycles. The zero-order valence-corrected chi connectivity index (χ0v) is 12.6. The van der Waals surface area contributed by atoms with E-state index in [0.29, 0.717) is 19.0 Å². The van der Waals surface area contributed by atoms with E-state index in [0.717, 1.165) is 12.1 Å². The molecule has 0 bridgehead atoms. The molecule has 19 heavy (non-hydrogen) atoms. The van der Waals surface area contributed by atoms with Crippen molar-refractivity contribution in [1.29, 1.82) is 0 Å². The van der Waals surface area contributed by atoms with Crippen LogP contribution in [0.1, 0.15) is 43.1 Å². The lowest BCUT2D eigenvalue weighted by molar-refractivity contribution is 0.116. The van der Waals surface area contributed by atoms with Crippen LogP contribution >= 0.6 is 0 Å². The lowest BCUT2D eigenvalue weighted by Crippen LogP contribution is -2.35. The van der Waals surface area contributed by atoms with E-state index in [9.17, 15) is 5.11 Å². The summed E-state index contributed by atoms with van der Waals surface area (Å²) in [6.45, 7) is 9.95. The molecule has 3 heteroatoms. The van der Waals surface area contributed by atoms with Gasteiger partial charge in [0.2, 0.25) is 0 Å². The summed E-state index contributed by atoms with van der Waals surface area (Å²) in [6.07, 6.45) is 0.264. The van der Waals surface area contributed by atoms with Crippen molar-refractivity contribution >= 4 is 0 Å². The Kier molecular flexibility index (Phi) is 6.49. The third-order valence-electron chi connectivity index (χ3n) is 3.44. The maximum atomic E-state index is 10.3. The topological polar surface area (TPSA) is 43.7 Å². The number of aliphatic hydroxyl groups excluding tert-OH is 2. The average molecular weight is 265 g/mol. The maximum Gasteiger partial charge on any atom is 0.0802 e. The van der Waals surface area contributed by atoms with Gasteiger partial charge < -0.3 is 10.2 Å². The lowest BCUT2D eigenvalue weighted by Gasteiger charge is -2.26. The molecule has 1 atom stereocenters. The van der Waals surface area contributed by atoms with E-state index >= 15 is 0 Å². The molecule has 0 amide bonds. The molecule has 1 aromatic rings. The van der Waals surface area contributed by atoms with Crippen molar-refractivity contribution in [2.24, 2.45) is 0 Å². The van der Waals surface area contributed by atoms with Gasteiger partial charge in [0.15, 0.2) is 0 Å². The quantitative estimate of drug-likeness (QED) is 0.796. The first-order valence-corrected chi connectivity index (χ1v) is 7.05. The van der Waals surface area contributed by atoms with E-state index in [1.165, 1.54) is 11.1 Å². The number of rotatable bonds is 7. The second-order valence-corrected chi connectivity index (χ2v) is 5.58. The minimum Gasteiger partial charge on any atom is -0.395 e. The van der Waals surface area contributed by atoms with Gasteiger partial charge in [0, 0.05) is 19.1 Å². The maximum absolute atomic E-state index is 10.3. The predicted molar refractivity (Wildman–Crippen MR) is 79.3 cm³/mol. The van der Waals surface area contributed by atoms with E-state index in [2.05, 4.69) is 38.7 Å². The Labute approximate surface area is 116 Å². The van der Waals surface area contributed by atoms with Crippen LogP contribution in [0.3, 0.4) is 0 Å². The van der Waals surface area contributed by atoms with Gasteiger partial charge in [-0.3, -0.25) is 4.90 Å². The van der Waals surface area contributed by atoms with E-state index in [1.807, 2.05) is 12.1 Å². The molecular weight excluding hydrogens is 238 g/mol. The summed E-state index contributed by atoms with van der Waals surface area (Å²) in [7, 11) is 0. The molecule has 2 N–H and O–H groups in total. The molecule has 1 rings (SSSR count). The highest BCUT2D eigenvalue weighted by Gasteiger charge is 2.13. The van der Waals surface area contributed by atoms with Gasteiger partial charge in [0.05, 0.1) is 12.7 Å². The highest BCUT2D eigenvalue weighted by Crippen LogP contribution is 2.20. The first-order chi connectivity index (χ1) is 8.93. The van der Waals surface area contributed by atoms with Crippen LogP contribution in [0.5, 0.6) is 0 Å². The van der Waals surface area contributed by atoms with E-state index in [-0.39, 0.29) is 6.61 Å². The van der Waals surface area contributed by atoms with Crippen molar-refractivity contribution in [2.75, 3.05) is 19.7 Å². The van der Waals surface area contributed by atoms with Gasteiger partial charge in [-0.05, 0) is 39.7 Å². The summed E-state index contributed by atoms with van der Waals surface area (Å²) in [5, 5.41) is 19.3. The lowest BCUT2D eigenvalue weighted by atomic mass is 10.0. The van der Waals surface area contributed by atoms with Gasteiger partial charge in [-0.2, -0.15) is 0 Å². The minimum absolute atomic E-state index is 0.165. The second kappa shape index (κ2) is 7.63. The summed E-state index contributed by atoms with van der Waals surface area (Å²) in [6, 6.07) is 6.59. The van der Waals surface area contributed by atoms with Crippen molar-refractivity contribution in [1.82, 2.24) is 4.90 Å². The van der Waals surface area contributed by atoms with Crippen LogP contribution in [0.2, 0.25) is 0 Å². The van der Waals surface area contributed by atoms with Crippen molar-refractivity contribution in [3.05, 3.63) is 34.9 Å². The van der Waals surface area contributed by atoms with E-state index < -0.39 is 6.10 Å². The van der Waals surface area contributed by atoms with Crippen molar-refractivity contribution < 1.29 is 10.2 Å². The molecular formula is C16H27NO2. The molecule has 0 saturated carbocycles. The van der Waals surface area contributed by atoms with Gasteiger partial charge in [-0.15, -0.1) is 0 Å². The van der Waals surface area contributed by atoms with Crippen molar-refractivity contribution in [3.63, 3.8) is 0 Å². The molecule has 0 aliphatic rings. The van der Waals surface area contributed by atoms with Crippen LogP contribution in [0.4, 0.5) is 0 Å². The minimum atomic E-state index is -0.432. The highest BCUT2D eigenvalue weighted by molar-refractivity contribution is 5.29. The molecule has 0 heterocycles. The molecule has 1 unspecified atom stereocenters. The first kappa shape index (κ1) is 16.2. The Hall–Kier alpha value is -0.900. The van der Waals surface area contributed by atoms with Gasteiger partial charge in [0.1, 0.15) is 0 Å². The number of nitrogens with zero attached hydrogens (tertiary/aromatic N) is 1. The van der Waals surface area contributed by atoms with Crippen LogP contribution in [0.15, 0.2) is 18.2 Å². The number of hydrogen-bond acceptors (Lipinski definition) is 3. The molecule has 0 fully saturated rings. The molecule has 1 aromatic carbocycles. The van der Waals surface area contributed by atoms with Crippen LogP contribution < -0.4 is 0 Å². The van der Waals surface area contributed by atoms with E-state index in [4.69, 9.17) is 5.11 Å². The zero-order chi connectivity index (χ0) is 14.4. The van der Waals surface area contributed by atoms with Crippen LogP contribution in [-0.2, 0) is 0 Å². The third-order valence-corrected chi connectivity index (χ3v) is 3.44. The van der Waals surface area contributed by atoms with E-state index in [1.54, 1.807) is 0 Å². The Morgan fingerprint density at radius 3 is 2.11 bits per heavy atom. The molecule has 3 nitrogen and oxygen atoms in total. The Balaban J connectivity index is 2.60. The fourth-order valence-electron chi connectivity index (χ4n) is 2.41. The summed E-state index contributed by atoms with van der Waals surface area (Å²) in [5.41, 5.74) is 3.36. The number of hydrogen-bond donors (Lipinski definition) is 2. The normalized spacial score (nSPS) is 13.3. The summed E-state index contributed by atoms with van der Waals surface area (Å²) < 4.78 is 0. The average Bonchev–Trinajstić information content (AvgIpc) is 2.32. The highest BCUT2D eigenvalue weighted by atomic mass is 16.3. The molecule has 0 aliphatic heterocycles. The van der Waals surface area contributed by atoms with Gasteiger partial charge in [-0.1, -0.05) is 29.3 Å². The number of benzene rings is 1. The summed E-state index contributed by atoms with van der Waals surface area (Å²) in [4.78, 5) is 2.19. The SMILES string of the molecule is Cc1cc(C)cc(C(O)CCN(CCO)C(C)C)c1. The van der Waals surface area contributed by atoms with Crippen LogP contribution in [-0.4, -0.2) is 40.9 Å². The zero-order valence-electron chi connectivity index (χ0n) is 12.6. The first-order valence-electron chi connectivity index (χ1n) is 7.05. The molecule has 0 aliphatic carbocycles. The smallest absolute Gasteiger partial charge is 0.0802 e. The molecule has 0 aromatic heterocycles. The Morgan fingerprint density at radius 1 is 1.05 bits per heavy atom. The summed E-state index contributed by atoms with van der Waals surface area (Å²) in [5.74, 6) is 0. The second-order valence-electron chi connectivity index (χ2n) is 5.58.